The monoisotopic (exact) mass is 585 g/mol. The van der Waals surface area contributed by atoms with Gasteiger partial charge in [0, 0.05) is 7.05 Å². The van der Waals surface area contributed by atoms with Crippen LogP contribution in [0.1, 0.15) is 55.4 Å². The first-order valence-electron chi connectivity index (χ1n) is 12.7. The third kappa shape index (κ3) is 15.3. The van der Waals surface area contributed by atoms with Crippen LogP contribution in [0.4, 0.5) is 5.95 Å². The summed E-state index contributed by atoms with van der Waals surface area (Å²) in [5.41, 5.74) is 0. The number of ether oxygens (including phenoxy) is 4. The SMILES string of the molecule is CNc1nc(OCCOCP(=O)(OC(C)C)OC(C)C)cc(OCCOCP(=O)(OC(C)C)OC(C)C)n1. The van der Waals surface area contributed by atoms with E-state index >= 15 is 0 Å². The van der Waals surface area contributed by atoms with Crippen molar-refractivity contribution in [1.29, 1.82) is 0 Å². The molecule has 0 fully saturated rings. The summed E-state index contributed by atoms with van der Waals surface area (Å²) in [5, 5.41) is 2.84. The van der Waals surface area contributed by atoms with Crippen molar-refractivity contribution in [2.24, 2.45) is 0 Å². The third-order valence-corrected chi connectivity index (χ3v) is 7.81. The van der Waals surface area contributed by atoms with Gasteiger partial charge in [0.25, 0.3) is 0 Å². The van der Waals surface area contributed by atoms with Crippen molar-refractivity contribution in [3.8, 4) is 11.8 Å². The van der Waals surface area contributed by atoms with Crippen molar-refractivity contribution in [2.75, 3.05) is 51.5 Å². The molecule has 0 radical (unpaired) electrons. The first-order valence-corrected chi connectivity index (χ1v) is 16.1. The van der Waals surface area contributed by atoms with Gasteiger partial charge in [0.15, 0.2) is 0 Å². The van der Waals surface area contributed by atoms with E-state index < -0.39 is 15.2 Å². The van der Waals surface area contributed by atoms with Crippen LogP contribution in [-0.2, 0) is 36.7 Å². The molecule has 0 unspecified atom stereocenters. The van der Waals surface area contributed by atoms with Gasteiger partial charge in [-0.15, -0.1) is 0 Å². The molecule has 0 saturated heterocycles. The average Bonchev–Trinajstić information content (AvgIpc) is 2.76. The van der Waals surface area contributed by atoms with Crippen LogP contribution in [0.5, 0.6) is 11.8 Å². The Hall–Kier alpha value is -1.30. The van der Waals surface area contributed by atoms with Crippen LogP contribution in [-0.4, -0.2) is 80.6 Å². The van der Waals surface area contributed by atoms with Crippen LogP contribution >= 0.6 is 15.2 Å². The number of hydrogen-bond donors (Lipinski definition) is 1. The summed E-state index contributed by atoms with van der Waals surface area (Å²) in [6, 6.07) is 1.52. The lowest BCUT2D eigenvalue weighted by Gasteiger charge is -2.22. The van der Waals surface area contributed by atoms with E-state index in [4.69, 9.17) is 37.0 Å². The van der Waals surface area contributed by atoms with Crippen molar-refractivity contribution in [1.82, 2.24) is 9.97 Å². The fourth-order valence-corrected chi connectivity index (χ4v) is 6.50. The van der Waals surface area contributed by atoms with E-state index in [1.54, 1.807) is 62.4 Å². The van der Waals surface area contributed by atoms with Gasteiger partial charge in [-0.3, -0.25) is 9.13 Å². The van der Waals surface area contributed by atoms with Crippen LogP contribution in [0.15, 0.2) is 6.07 Å². The molecule has 13 nitrogen and oxygen atoms in total. The second kappa shape index (κ2) is 17.4. The molecule has 0 aliphatic rings. The second-order valence-electron chi connectivity index (χ2n) is 9.23. The van der Waals surface area contributed by atoms with Crippen LogP contribution < -0.4 is 14.8 Å². The molecule has 0 aromatic carbocycles. The fourth-order valence-electron chi connectivity index (χ4n) is 2.88. The molecule has 1 aromatic rings. The van der Waals surface area contributed by atoms with Crippen molar-refractivity contribution in [3.63, 3.8) is 0 Å². The largest absolute Gasteiger partial charge is 0.475 e. The number of rotatable bonds is 21. The van der Waals surface area contributed by atoms with Crippen molar-refractivity contribution in [2.45, 2.75) is 79.8 Å². The maximum Gasteiger partial charge on any atom is 0.356 e. The summed E-state index contributed by atoms with van der Waals surface area (Å²) in [4.78, 5) is 8.45. The Morgan fingerprint density at radius 1 is 0.658 bits per heavy atom. The van der Waals surface area contributed by atoms with E-state index in [9.17, 15) is 9.13 Å². The zero-order valence-electron chi connectivity index (χ0n) is 24.0. The average molecular weight is 586 g/mol. The predicted molar refractivity (Wildman–Crippen MR) is 144 cm³/mol. The fraction of sp³-hybridized carbons (Fsp3) is 0.826. The zero-order chi connectivity index (χ0) is 28.8. The smallest absolute Gasteiger partial charge is 0.356 e. The summed E-state index contributed by atoms with van der Waals surface area (Å²) in [6.45, 7) is 14.8. The molecular weight excluding hydrogens is 540 g/mol. The van der Waals surface area contributed by atoms with E-state index in [-0.39, 0.29) is 75.3 Å². The molecule has 222 valence electrons. The number of nitrogens with one attached hydrogen (secondary N) is 1. The standard InChI is InChI=1S/C23H45N3O10P2/c1-17(2)33-37(27,34-18(3)4)15-29-10-12-31-21-14-22(26-23(24-9)25-21)32-13-11-30-16-38(28,35-19(5)6)36-20(7)8/h14,17-20H,10-13,15-16H2,1-9H3,(H,24,25,26). The minimum Gasteiger partial charge on any atom is -0.475 e. The second-order valence-corrected chi connectivity index (χ2v) is 13.0. The van der Waals surface area contributed by atoms with Gasteiger partial charge < -0.3 is 42.4 Å². The molecule has 0 atom stereocenters. The van der Waals surface area contributed by atoms with Crippen molar-refractivity contribution < 1.29 is 46.2 Å². The van der Waals surface area contributed by atoms with E-state index in [1.807, 2.05) is 0 Å². The topological polar surface area (TPSA) is 146 Å². The maximum absolute atomic E-state index is 12.8. The molecule has 0 bridgehead atoms. The number of anilines is 1. The molecule has 0 aliphatic heterocycles. The van der Waals surface area contributed by atoms with Gasteiger partial charge >= 0.3 is 15.2 Å². The van der Waals surface area contributed by atoms with Gasteiger partial charge in [-0.25, -0.2) is 0 Å². The summed E-state index contributed by atoms with van der Waals surface area (Å²) < 4.78 is 69.6. The minimum absolute atomic E-state index is 0.132. The Labute approximate surface area is 226 Å². The van der Waals surface area contributed by atoms with Gasteiger partial charge in [0.1, 0.15) is 25.9 Å². The molecular formula is C23H45N3O10P2. The lowest BCUT2D eigenvalue weighted by Crippen LogP contribution is -2.15. The molecule has 0 spiro atoms. The van der Waals surface area contributed by atoms with Crippen molar-refractivity contribution >= 4 is 21.1 Å². The summed E-state index contributed by atoms with van der Waals surface area (Å²) in [5.74, 6) is 0.799. The highest BCUT2D eigenvalue weighted by molar-refractivity contribution is 7.53. The third-order valence-electron chi connectivity index (χ3n) is 3.84. The number of hydrogen-bond acceptors (Lipinski definition) is 13. The molecule has 0 aliphatic carbocycles. The first kappa shape index (κ1) is 34.7. The van der Waals surface area contributed by atoms with Crippen molar-refractivity contribution in [3.05, 3.63) is 6.07 Å². The highest BCUT2D eigenvalue weighted by Gasteiger charge is 2.29. The number of aromatic nitrogens is 2. The molecule has 15 heteroatoms. The quantitative estimate of drug-likeness (QED) is 0.147. The lowest BCUT2D eigenvalue weighted by molar-refractivity contribution is 0.0834. The molecule has 38 heavy (non-hydrogen) atoms. The Kier molecular flexibility index (Phi) is 15.9. The van der Waals surface area contributed by atoms with E-state index in [0.717, 1.165) is 0 Å². The van der Waals surface area contributed by atoms with E-state index in [1.165, 1.54) is 6.07 Å². The molecule has 0 amide bonds. The van der Waals surface area contributed by atoms with Gasteiger partial charge in [0.2, 0.25) is 17.7 Å². The zero-order valence-corrected chi connectivity index (χ0v) is 25.8. The van der Waals surface area contributed by atoms with Gasteiger partial charge in [-0.1, -0.05) is 0 Å². The number of nitrogens with zero attached hydrogens (tertiary/aromatic N) is 2. The molecule has 1 heterocycles. The van der Waals surface area contributed by atoms with Gasteiger partial charge in [0.05, 0.1) is 43.7 Å². The summed E-state index contributed by atoms with van der Waals surface area (Å²) in [7, 11) is -5.11. The lowest BCUT2D eigenvalue weighted by atomic mass is 10.5. The Bertz CT molecular complexity index is 808. The highest BCUT2D eigenvalue weighted by atomic mass is 31.2. The Morgan fingerprint density at radius 3 is 1.29 bits per heavy atom. The molecule has 1 N–H and O–H groups in total. The Morgan fingerprint density at radius 2 is 1.00 bits per heavy atom. The minimum atomic E-state index is -3.39. The van der Waals surface area contributed by atoms with E-state index in [0.29, 0.717) is 5.95 Å². The van der Waals surface area contributed by atoms with Crippen LogP contribution in [0.2, 0.25) is 0 Å². The molecule has 1 aromatic heterocycles. The summed E-state index contributed by atoms with van der Waals surface area (Å²) in [6.07, 6.45) is -1.45. The Balaban J connectivity index is 2.55. The summed E-state index contributed by atoms with van der Waals surface area (Å²) >= 11 is 0. The maximum atomic E-state index is 12.8. The van der Waals surface area contributed by atoms with E-state index in [2.05, 4.69) is 15.3 Å². The van der Waals surface area contributed by atoms with Gasteiger partial charge in [-0.05, 0) is 55.4 Å². The molecule has 0 saturated carbocycles. The van der Waals surface area contributed by atoms with Crippen LogP contribution in [0, 0.1) is 0 Å². The van der Waals surface area contributed by atoms with Gasteiger partial charge in [-0.2, -0.15) is 9.97 Å². The molecule has 1 rings (SSSR count). The van der Waals surface area contributed by atoms with Crippen LogP contribution in [0.25, 0.3) is 0 Å². The normalized spacial score (nSPS) is 12.7. The van der Waals surface area contributed by atoms with Crippen LogP contribution in [0.3, 0.4) is 0 Å². The highest BCUT2D eigenvalue weighted by Crippen LogP contribution is 2.51. The predicted octanol–water partition coefficient (Wildman–Crippen LogP) is 5.31. The first-order chi connectivity index (χ1) is 17.8.